The zero-order valence-corrected chi connectivity index (χ0v) is 19.7. The Labute approximate surface area is 193 Å². The Bertz CT molecular complexity index is 901. The van der Waals surface area contributed by atoms with Crippen LogP contribution in [0, 0.1) is 0 Å². The number of urea groups is 1. The number of amides is 4. The number of ether oxygens (including phenoxy) is 2. The normalized spacial score (nSPS) is 22.1. The van der Waals surface area contributed by atoms with Gasteiger partial charge in [0, 0.05) is 38.1 Å². The lowest BCUT2D eigenvalue weighted by molar-refractivity contribution is -0.137. The highest BCUT2D eigenvalue weighted by Crippen LogP contribution is 2.21. The number of nitrogens with zero attached hydrogens (tertiary/aromatic N) is 4. The van der Waals surface area contributed by atoms with Crippen LogP contribution in [0.1, 0.15) is 41.0 Å². The van der Waals surface area contributed by atoms with Crippen molar-refractivity contribution in [3.63, 3.8) is 0 Å². The maximum Gasteiger partial charge on any atom is 0.410 e. The number of anilines is 1. The molecule has 0 aliphatic carbocycles. The molecule has 0 bridgehead atoms. The number of carbonyl (C=O) groups is 4. The molecule has 2 fully saturated rings. The molecular formula is C22H31N5O6. The summed E-state index contributed by atoms with van der Waals surface area (Å²) in [5.74, 6) is -0.155. The van der Waals surface area contributed by atoms with Crippen molar-refractivity contribution in [3.8, 4) is 5.75 Å². The maximum absolute atomic E-state index is 12.5. The maximum atomic E-state index is 12.5. The van der Waals surface area contributed by atoms with E-state index in [1.54, 1.807) is 17.0 Å². The molecule has 1 aromatic rings. The molecule has 11 nitrogen and oxygen atoms in total. The molecule has 0 aromatic carbocycles. The molecule has 1 aromatic heterocycles. The predicted molar refractivity (Wildman–Crippen MR) is 119 cm³/mol. The van der Waals surface area contributed by atoms with Crippen molar-refractivity contribution < 1.29 is 28.7 Å². The molecule has 4 amide bonds. The summed E-state index contributed by atoms with van der Waals surface area (Å²) in [6.07, 6.45) is 1.20. The van der Waals surface area contributed by atoms with Crippen molar-refractivity contribution in [2.45, 2.75) is 58.7 Å². The molecule has 33 heavy (non-hydrogen) atoms. The monoisotopic (exact) mass is 461 g/mol. The number of esters is 1. The molecule has 2 atom stereocenters. The second-order valence-corrected chi connectivity index (χ2v) is 9.34. The van der Waals surface area contributed by atoms with Crippen LogP contribution in [0.3, 0.4) is 0 Å². The van der Waals surface area contributed by atoms with Gasteiger partial charge in [-0.2, -0.15) is 0 Å². The number of aromatic nitrogens is 1. The number of pyridine rings is 1. The molecule has 3 rings (SSSR count). The van der Waals surface area contributed by atoms with E-state index in [0.717, 1.165) is 0 Å². The fourth-order valence-corrected chi connectivity index (χ4v) is 3.83. The fraction of sp³-hybridized carbons (Fsp3) is 0.591. The number of piperazine rings is 1. The van der Waals surface area contributed by atoms with E-state index in [4.69, 9.17) is 9.47 Å². The van der Waals surface area contributed by atoms with Gasteiger partial charge in [0.2, 0.25) is 5.91 Å². The van der Waals surface area contributed by atoms with E-state index in [0.29, 0.717) is 18.9 Å². The Hall–Kier alpha value is -3.21. The highest BCUT2D eigenvalue weighted by Gasteiger charge is 2.35. The Balaban J connectivity index is 1.54. The number of imide groups is 1. The van der Waals surface area contributed by atoms with Crippen LogP contribution in [0.15, 0.2) is 18.3 Å². The van der Waals surface area contributed by atoms with Crippen LogP contribution < -0.4 is 15.0 Å². The van der Waals surface area contributed by atoms with Crippen molar-refractivity contribution >= 4 is 29.8 Å². The Morgan fingerprint density at radius 1 is 1.15 bits per heavy atom. The topological polar surface area (TPSA) is 121 Å². The molecule has 2 aliphatic heterocycles. The van der Waals surface area contributed by atoms with E-state index < -0.39 is 17.6 Å². The Morgan fingerprint density at radius 3 is 2.36 bits per heavy atom. The minimum Gasteiger partial charge on any atom is -0.444 e. The average molecular weight is 462 g/mol. The highest BCUT2D eigenvalue weighted by atomic mass is 16.6. The molecule has 11 heteroatoms. The van der Waals surface area contributed by atoms with Crippen LogP contribution >= 0.6 is 0 Å². The fourth-order valence-electron chi connectivity index (χ4n) is 3.83. The average Bonchev–Trinajstić information content (AvgIpc) is 2.70. The Morgan fingerprint density at radius 2 is 1.82 bits per heavy atom. The van der Waals surface area contributed by atoms with E-state index >= 15 is 0 Å². The second kappa shape index (κ2) is 9.74. The van der Waals surface area contributed by atoms with Gasteiger partial charge in [-0.05, 0) is 46.8 Å². The molecular weight excluding hydrogens is 430 g/mol. The first-order chi connectivity index (χ1) is 15.4. The van der Waals surface area contributed by atoms with Crippen molar-refractivity contribution in [2.75, 3.05) is 31.1 Å². The van der Waals surface area contributed by atoms with E-state index in [9.17, 15) is 19.2 Å². The van der Waals surface area contributed by atoms with Crippen molar-refractivity contribution in [1.29, 1.82) is 0 Å². The quantitative estimate of drug-likeness (QED) is 0.674. The Kier molecular flexibility index (Phi) is 7.21. The van der Waals surface area contributed by atoms with Gasteiger partial charge in [0.05, 0.1) is 12.7 Å². The number of hydrogen-bond donors (Lipinski definition) is 1. The predicted octanol–water partition coefficient (Wildman–Crippen LogP) is 1.76. The van der Waals surface area contributed by atoms with Crippen molar-refractivity contribution in [3.05, 3.63) is 18.3 Å². The van der Waals surface area contributed by atoms with Gasteiger partial charge in [0.15, 0.2) is 0 Å². The minimum atomic E-state index is -0.566. The van der Waals surface area contributed by atoms with Gasteiger partial charge in [-0.25, -0.2) is 14.6 Å². The summed E-state index contributed by atoms with van der Waals surface area (Å²) in [5.41, 5.74) is -0.566. The first kappa shape index (κ1) is 24.4. The molecule has 2 saturated heterocycles. The lowest BCUT2D eigenvalue weighted by Crippen LogP contribution is -2.59. The summed E-state index contributed by atoms with van der Waals surface area (Å²) in [5, 5.41) is 2.23. The molecule has 0 unspecified atom stereocenters. The summed E-state index contributed by atoms with van der Waals surface area (Å²) in [7, 11) is 0. The van der Waals surface area contributed by atoms with Gasteiger partial charge in [0.25, 0.3) is 0 Å². The van der Waals surface area contributed by atoms with Gasteiger partial charge >= 0.3 is 18.1 Å². The van der Waals surface area contributed by atoms with Crippen LogP contribution in [0.5, 0.6) is 5.75 Å². The molecule has 180 valence electrons. The molecule has 1 N–H and O–H groups in total. The molecule has 0 saturated carbocycles. The van der Waals surface area contributed by atoms with Crippen molar-refractivity contribution in [2.24, 2.45) is 0 Å². The van der Waals surface area contributed by atoms with Gasteiger partial charge in [0.1, 0.15) is 17.2 Å². The molecule has 0 spiro atoms. The van der Waals surface area contributed by atoms with E-state index in [-0.39, 0.29) is 49.3 Å². The number of nitrogens with one attached hydrogen (secondary N) is 1. The standard InChI is InChI=1S/C22H31N5O6/c1-14-11-25(21(31)33-22(3,4)5)12-15(2)27(14)13-19(29)32-16-6-7-17(23-10-16)26-9-8-18(28)24-20(26)30/h6-7,10,14-15H,8-9,11-13H2,1-5H3,(H,24,28,30)/t14-,15+. The SMILES string of the molecule is C[C@@H]1CN(C(=O)OC(C)(C)C)C[C@H](C)N1CC(=O)Oc1ccc(N2CCC(=O)NC2=O)nc1. The van der Waals surface area contributed by atoms with E-state index in [1.807, 2.05) is 39.5 Å². The summed E-state index contributed by atoms with van der Waals surface area (Å²) in [6, 6.07) is 2.46. The first-order valence-corrected chi connectivity index (χ1v) is 10.9. The number of hydrogen-bond acceptors (Lipinski definition) is 8. The van der Waals surface area contributed by atoms with Crippen LogP contribution in [-0.4, -0.2) is 82.6 Å². The van der Waals surface area contributed by atoms with Gasteiger partial charge in [-0.3, -0.25) is 24.7 Å². The van der Waals surface area contributed by atoms with Gasteiger partial charge in [-0.15, -0.1) is 0 Å². The summed E-state index contributed by atoms with van der Waals surface area (Å²) in [6.45, 7) is 10.6. The first-order valence-electron chi connectivity index (χ1n) is 10.9. The third kappa shape index (κ3) is 6.41. The summed E-state index contributed by atoms with van der Waals surface area (Å²) in [4.78, 5) is 57.3. The zero-order chi connectivity index (χ0) is 24.3. The second-order valence-electron chi connectivity index (χ2n) is 9.34. The summed E-state index contributed by atoms with van der Waals surface area (Å²) < 4.78 is 10.9. The van der Waals surface area contributed by atoms with Crippen LogP contribution in [0.2, 0.25) is 0 Å². The largest absolute Gasteiger partial charge is 0.444 e. The number of carbonyl (C=O) groups excluding carboxylic acids is 4. The third-order valence-electron chi connectivity index (χ3n) is 5.35. The molecule has 0 radical (unpaired) electrons. The minimum absolute atomic E-state index is 0.0584. The lowest BCUT2D eigenvalue weighted by atomic mass is 10.1. The molecule has 3 heterocycles. The van der Waals surface area contributed by atoms with Gasteiger partial charge in [-0.1, -0.05) is 0 Å². The van der Waals surface area contributed by atoms with E-state index in [1.165, 1.54) is 11.1 Å². The molecule has 2 aliphatic rings. The van der Waals surface area contributed by atoms with Gasteiger partial charge < -0.3 is 14.4 Å². The third-order valence-corrected chi connectivity index (χ3v) is 5.35. The van der Waals surface area contributed by atoms with Crippen molar-refractivity contribution in [1.82, 2.24) is 20.1 Å². The highest BCUT2D eigenvalue weighted by molar-refractivity contribution is 6.05. The lowest BCUT2D eigenvalue weighted by Gasteiger charge is -2.43. The zero-order valence-electron chi connectivity index (χ0n) is 19.7. The summed E-state index contributed by atoms with van der Waals surface area (Å²) >= 11 is 0. The van der Waals surface area contributed by atoms with Crippen LogP contribution in [-0.2, 0) is 14.3 Å². The smallest absolute Gasteiger partial charge is 0.410 e. The van der Waals surface area contributed by atoms with Crippen LogP contribution in [0.4, 0.5) is 15.4 Å². The van der Waals surface area contributed by atoms with E-state index in [2.05, 4.69) is 10.3 Å². The van der Waals surface area contributed by atoms with Crippen LogP contribution in [0.25, 0.3) is 0 Å². The number of rotatable bonds is 4.